The molecule has 2 N–H and O–H groups in total. The number of hydrogen-bond donors (Lipinski definition) is 2. The van der Waals surface area contributed by atoms with Crippen LogP contribution in [0, 0.1) is 5.82 Å². The van der Waals surface area contributed by atoms with Crippen LogP contribution in [0.5, 0.6) is 0 Å². The van der Waals surface area contributed by atoms with E-state index in [1.54, 1.807) is 4.90 Å². The standard InChI is InChI=1S/C16H21FN2O4/c1-3-19(4-2)14(20)6-5-9-18-15(21)12-8-7-11(16(22)23)10-13(12)17/h7-8,10H,3-6,9H2,1-2H3,(H,18,21)(H,22,23). The summed E-state index contributed by atoms with van der Waals surface area (Å²) >= 11 is 0. The Bertz CT molecular complexity index is 585. The van der Waals surface area contributed by atoms with Crippen LogP contribution in [0.2, 0.25) is 0 Å². The molecule has 0 radical (unpaired) electrons. The minimum atomic E-state index is -1.26. The van der Waals surface area contributed by atoms with E-state index in [4.69, 9.17) is 5.11 Å². The zero-order chi connectivity index (χ0) is 17.4. The van der Waals surface area contributed by atoms with Crippen LogP contribution in [-0.4, -0.2) is 47.4 Å². The molecule has 0 aromatic heterocycles. The van der Waals surface area contributed by atoms with Crippen LogP contribution >= 0.6 is 0 Å². The molecule has 126 valence electrons. The largest absolute Gasteiger partial charge is 0.478 e. The highest BCUT2D eigenvalue weighted by Gasteiger charge is 2.14. The minimum Gasteiger partial charge on any atom is -0.478 e. The first kappa shape index (κ1) is 18.6. The first-order valence-corrected chi connectivity index (χ1v) is 7.49. The molecule has 0 aliphatic carbocycles. The van der Waals surface area contributed by atoms with Crippen LogP contribution in [0.3, 0.4) is 0 Å². The van der Waals surface area contributed by atoms with E-state index in [2.05, 4.69) is 5.32 Å². The van der Waals surface area contributed by atoms with Crippen molar-refractivity contribution in [3.05, 3.63) is 35.1 Å². The highest BCUT2D eigenvalue weighted by Crippen LogP contribution is 2.10. The SMILES string of the molecule is CCN(CC)C(=O)CCCNC(=O)c1ccc(C(=O)O)cc1F. The Morgan fingerprint density at radius 3 is 2.39 bits per heavy atom. The molecule has 0 fully saturated rings. The third-order valence-corrected chi connectivity index (χ3v) is 3.43. The molecule has 0 saturated carbocycles. The lowest BCUT2D eigenvalue weighted by molar-refractivity contribution is -0.130. The maximum absolute atomic E-state index is 13.7. The van der Waals surface area contributed by atoms with Gasteiger partial charge in [-0.25, -0.2) is 9.18 Å². The normalized spacial score (nSPS) is 10.2. The Kier molecular flexibility index (Phi) is 7.18. The van der Waals surface area contributed by atoms with Gasteiger partial charge in [0.1, 0.15) is 5.82 Å². The van der Waals surface area contributed by atoms with Gasteiger partial charge in [0, 0.05) is 26.1 Å². The molecule has 0 bridgehead atoms. The van der Waals surface area contributed by atoms with E-state index in [1.807, 2.05) is 13.8 Å². The summed E-state index contributed by atoms with van der Waals surface area (Å²) in [5.41, 5.74) is -0.436. The van der Waals surface area contributed by atoms with Gasteiger partial charge in [-0.05, 0) is 38.5 Å². The van der Waals surface area contributed by atoms with Crippen molar-refractivity contribution in [2.24, 2.45) is 0 Å². The summed E-state index contributed by atoms with van der Waals surface area (Å²) in [4.78, 5) is 36.0. The molecule has 6 nitrogen and oxygen atoms in total. The van der Waals surface area contributed by atoms with Crippen molar-refractivity contribution in [3.63, 3.8) is 0 Å². The number of halogens is 1. The number of carbonyl (C=O) groups excluding carboxylic acids is 2. The van der Waals surface area contributed by atoms with E-state index in [0.717, 1.165) is 12.1 Å². The number of carboxylic acids is 1. The van der Waals surface area contributed by atoms with E-state index >= 15 is 0 Å². The Morgan fingerprint density at radius 1 is 1.22 bits per heavy atom. The lowest BCUT2D eigenvalue weighted by Crippen LogP contribution is -2.31. The lowest BCUT2D eigenvalue weighted by Gasteiger charge is -2.18. The molecule has 0 atom stereocenters. The molecule has 0 spiro atoms. The van der Waals surface area contributed by atoms with Crippen molar-refractivity contribution in [1.29, 1.82) is 0 Å². The Balaban J connectivity index is 2.49. The molecule has 1 aromatic carbocycles. The van der Waals surface area contributed by atoms with E-state index in [0.29, 0.717) is 25.9 Å². The predicted molar refractivity (Wildman–Crippen MR) is 82.9 cm³/mol. The molecule has 2 amide bonds. The fraction of sp³-hybridized carbons (Fsp3) is 0.438. The van der Waals surface area contributed by atoms with Gasteiger partial charge in [0.25, 0.3) is 5.91 Å². The number of aromatic carboxylic acids is 1. The van der Waals surface area contributed by atoms with E-state index in [1.165, 1.54) is 6.07 Å². The number of hydrogen-bond acceptors (Lipinski definition) is 3. The third kappa shape index (κ3) is 5.36. The topological polar surface area (TPSA) is 86.7 Å². The molecule has 1 rings (SSSR count). The number of nitrogens with zero attached hydrogens (tertiary/aromatic N) is 1. The van der Waals surface area contributed by atoms with E-state index in [9.17, 15) is 18.8 Å². The van der Waals surface area contributed by atoms with Crippen molar-refractivity contribution < 1.29 is 23.9 Å². The van der Waals surface area contributed by atoms with E-state index in [-0.39, 0.29) is 23.6 Å². The minimum absolute atomic E-state index is 0.0150. The third-order valence-electron chi connectivity index (χ3n) is 3.43. The van der Waals surface area contributed by atoms with Crippen LogP contribution in [-0.2, 0) is 4.79 Å². The summed E-state index contributed by atoms with van der Waals surface area (Å²) in [5, 5.41) is 11.3. The van der Waals surface area contributed by atoms with Gasteiger partial charge in [-0.2, -0.15) is 0 Å². The van der Waals surface area contributed by atoms with Crippen molar-refractivity contribution in [1.82, 2.24) is 10.2 Å². The smallest absolute Gasteiger partial charge is 0.335 e. The van der Waals surface area contributed by atoms with Crippen molar-refractivity contribution in [2.45, 2.75) is 26.7 Å². The average Bonchev–Trinajstić information content (AvgIpc) is 2.52. The Hall–Kier alpha value is -2.44. The van der Waals surface area contributed by atoms with Crippen molar-refractivity contribution >= 4 is 17.8 Å². The molecule has 1 aromatic rings. The molecule has 0 unspecified atom stereocenters. The van der Waals surface area contributed by atoms with Gasteiger partial charge < -0.3 is 15.3 Å². The molecule has 0 aliphatic heterocycles. The monoisotopic (exact) mass is 324 g/mol. The average molecular weight is 324 g/mol. The quantitative estimate of drug-likeness (QED) is 0.715. The van der Waals surface area contributed by atoms with Crippen LogP contribution in [0.1, 0.15) is 47.4 Å². The zero-order valence-electron chi connectivity index (χ0n) is 13.3. The van der Waals surface area contributed by atoms with Crippen LogP contribution < -0.4 is 5.32 Å². The van der Waals surface area contributed by atoms with Gasteiger partial charge in [0.2, 0.25) is 5.91 Å². The first-order valence-electron chi connectivity index (χ1n) is 7.49. The number of rotatable bonds is 8. The number of amides is 2. The Morgan fingerprint density at radius 2 is 1.87 bits per heavy atom. The van der Waals surface area contributed by atoms with Crippen LogP contribution in [0.25, 0.3) is 0 Å². The van der Waals surface area contributed by atoms with Crippen molar-refractivity contribution in [3.8, 4) is 0 Å². The van der Waals surface area contributed by atoms with Gasteiger partial charge >= 0.3 is 5.97 Å². The molecular weight excluding hydrogens is 303 g/mol. The van der Waals surface area contributed by atoms with Crippen LogP contribution in [0.4, 0.5) is 4.39 Å². The maximum atomic E-state index is 13.7. The number of carbonyl (C=O) groups is 3. The molecule has 23 heavy (non-hydrogen) atoms. The maximum Gasteiger partial charge on any atom is 0.335 e. The first-order chi connectivity index (χ1) is 10.9. The number of benzene rings is 1. The van der Waals surface area contributed by atoms with Gasteiger partial charge in [0.05, 0.1) is 11.1 Å². The second-order valence-electron chi connectivity index (χ2n) is 4.93. The summed E-state index contributed by atoms with van der Waals surface area (Å²) in [6.07, 6.45) is 0.762. The highest BCUT2D eigenvalue weighted by molar-refractivity contribution is 5.96. The number of nitrogens with one attached hydrogen (secondary N) is 1. The zero-order valence-corrected chi connectivity index (χ0v) is 13.3. The van der Waals surface area contributed by atoms with E-state index < -0.39 is 17.7 Å². The van der Waals surface area contributed by atoms with Gasteiger partial charge in [-0.1, -0.05) is 0 Å². The summed E-state index contributed by atoms with van der Waals surface area (Å²) in [5.74, 6) is -2.76. The second kappa shape index (κ2) is 8.87. The highest BCUT2D eigenvalue weighted by atomic mass is 19.1. The second-order valence-corrected chi connectivity index (χ2v) is 4.93. The van der Waals surface area contributed by atoms with Crippen LogP contribution in [0.15, 0.2) is 18.2 Å². The molecule has 0 saturated heterocycles. The molecule has 0 aliphatic rings. The van der Waals surface area contributed by atoms with Gasteiger partial charge in [-0.3, -0.25) is 9.59 Å². The molecule has 7 heteroatoms. The molecular formula is C16H21FN2O4. The van der Waals surface area contributed by atoms with Crippen molar-refractivity contribution in [2.75, 3.05) is 19.6 Å². The summed E-state index contributed by atoms with van der Waals surface area (Å²) < 4.78 is 13.7. The van der Waals surface area contributed by atoms with Gasteiger partial charge in [0.15, 0.2) is 0 Å². The predicted octanol–water partition coefficient (Wildman–Crippen LogP) is 1.90. The Labute approximate surface area is 134 Å². The molecule has 0 heterocycles. The number of carboxylic acid groups (broad SMARTS) is 1. The lowest BCUT2D eigenvalue weighted by atomic mass is 10.1. The fourth-order valence-corrected chi connectivity index (χ4v) is 2.10. The summed E-state index contributed by atoms with van der Waals surface area (Å²) in [6.45, 7) is 5.32. The summed E-state index contributed by atoms with van der Waals surface area (Å²) in [7, 11) is 0. The fourth-order valence-electron chi connectivity index (χ4n) is 2.10. The van der Waals surface area contributed by atoms with Gasteiger partial charge in [-0.15, -0.1) is 0 Å². The summed E-state index contributed by atoms with van der Waals surface area (Å²) in [6, 6.07) is 3.11.